The second-order valence-corrected chi connectivity index (χ2v) is 8.51. The van der Waals surface area contributed by atoms with Crippen LogP contribution in [0.3, 0.4) is 0 Å². The van der Waals surface area contributed by atoms with Gasteiger partial charge in [-0.25, -0.2) is 0 Å². The molecule has 0 radical (unpaired) electrons. The highest BCUT2D eigenvalue weighted by Crippen LogP contribution is 2.29. The first-order chi connectivity index (χ1) is 9.79. The fourth-order valence-corrected chi connectivity index (χ4v) is 3.75. The zero-order chi connectivity index (χ0) is 15.6. The molecular weight excluding hydrogens is 286 g/mol. The fraction of sp³-hybridized carbons (Fsp3) is 0.867. The second kappa shape index (κ2) is 6.57. The number of carbonyl (C=O) groups excluding carboxylic acids is 2. The number of hydrogen-bond donors (Lipinski definition) is 1. The summed E-state index contributed by atoms with van der Waals surface area (Å²) in [6, 6.07) is -0.354. The van der Waals surface area contributed by atoms with Gasteiger partial charge in [0.1, 0.15) is 6.04 Å². The van der Waals surface area contributed by atoms with Crippen molar-refractivity contribution >= 4 is 23.6 Å². The van der Waals surface area contributed by atoms with Gasteiger partial charge in [-0.3, -0.25) is 14.5 Å². The van der Waals surface area contributed by atoms with E-state index in [4.69, 9.17) is 0 Å². The summed E-state index contributed by atoms with van der Waals surface area (Å²) < 4.78 is -0.424. The molecule has 2 aliphatic rings. The third-order valence-corrected chi connectivity index (χ3v) is 5.48. The number of thioether (sulfide) groups is 1. The number of piperazine rings is 1. The summed E-state index contributed by atoms with van der Waals surface area (Å²) in [5.74, 6) is 1.37. The molecule has 0 aromatic carbocycles. The van der Waals surface area contributed by atoms with Crippen molar-refractivity contribution in [3.8, 4) is 0 Å². The molecule has 0 aromatic rings. The van der Waals surface area contributed by atoms with E-state index in [-0.39, 0.29) is 17.9 Å². The van der Waals surface area contributed by atoms with Crippen LogP contribution in [0, 0.1) is 5.92 Å². The summed E-state index contributed by atoms with van der Waals surface area (Å²) >= 11 is 1.57. The van der Waals surface area contributed by atoms with Crippen molar-refractivity contribution < 1.29 is 9.59 Å². The van der Waals surface area contributed by atoms with Crippen LogP contribution in [0.1, 0.15) is 27.7 Å². The third kappa shape index (κ3) is 4.13. The highest BCUT2D eigenvalue weighted by Gasteiger charge is 2.39. The molecule has 0 aliphatic carbocycles. The van der Waals surface area contributed by atoms with Gasteiger partial charge in [-0.15, -0.1) is 11.8 Å². The van der Waals surface area contributed by atoms with Gasteiger partial charge >= 0.3 is 0 Å². The Hall–Kier alpha value is -0.750. The van der Waals surface area contributed by atoms with Crippen LogP contribution in [-0.2, 0) is 9.59 Å². The summed E-state index contributed by atoms with van der Waals surface area (Å²) in [5.41, 5.74) is 0. The van der Waals surface area contributed by atoms with Crippen molar-refractivity contribution in [1.82, 2.24) is 15.1 Å². The smallest absolute Gasteiger partial charge is 0.246 e. The van der Waals surface area contributed by atoms with Gasteiger partial charge in [0.25, 0.3) is 0 Å². The molecule has 120 valence electrons. The minimum Gasteiger partial charge on any atom is -0.342 e. The molecule has 5 nitrogen and oxygen atoms in total. The Labute approximate surface area is 131 Å². The summed E-state index contributed by atoms with van der Waals surface area (Å²) in [7, 11) is 0. The maximum atomic E-state index is 12.5. The van der Waals surface area contributed by atoms with E-state index in [0.717, 1.165) is 32.7 Å². The number of hydrogen-bond acceptors (Lipinski definition) is 4. The number of carbonyl (C=O) groups is 2. The van der Waals surface area contributed by atoms with E-state index in [0.29, 0.717) is 11.7 Å². The average Bonchev–Trinajstić information content (AvgIpc) is 2.41. The lowest BCUT2D eigenvalue weighted by Gasteiger charge is -2.39. The van der Waals surface area contributed by atoms with E-state index in [1.165, 1.54) is 0 Å². The molecule has 6 heteroatoms. The Morgan fingerprint density at radius 1 is 1.33 bits per heavy atom. The van der Waals surface area contributed by atoms with Crippen molar-refractivity contribution in [2.45, 2.75) is 38.5 Å². The van der Waals surface area contributed by atoms with Crippen LogP contribution in [0.4, 0.5) is 0 Å². The monoisotopic (exact) mass is 313 g/mol. The summed E-state index contributed by atoms with van der Waals surface area (Å²) in [6.45, 7) is 12.7. The SMILES string of the molecule is CC(C)CN1CCN(C(=O)[C@@H]2CSC(C)(C)C(=O)N2)CC1. The predicted octanol–water partition coefficient (Wildman–Crippen LogP) is 0.797. The van der Waals surface area contributed by atoms with E-state index in [1.54, 1.807) is 11.8 Å². The Balaban J connectivity index is 1.84. The quantitative estimate of drug-likeness (QED) is 0.837. The highest BCUT2D eigenvalue weighted by molar-refractivity contribution is 8.01. The summed E-state index contributed by atoms with van der Waals surface area (Å²) in [5, 5.41) is 2.88. The minimum absolute atomic E-state index is 0.0319. The average molecular weight is 313 g/mol. The van der Waals surface area contributed by atoms with E-state index in [9.17, 15) is 9.59 Å². The molecule has 1 atom stereocenters. The van der Waals surface area contributed by atoms with Gasteiger partial charge in [0, 0.05) is 38.5 Å². The maximum Gasteiger partial charge on any atom is 0.246 e. The molecule has 1 N–H and O–H groups in total. The van der Waals surface area contributed by atoms with Crippen LogP contribution in [-0.4, -0.2) is 70.9 Å². The largest absolute Gasteiger partial charge is 0.342 e. The number of rotatable bonds is 3. The van der Waals surface area contributed by atoms with Crippen LogP contribution >= 0.6 is 11.8 Å². The lowest BCUT2D eigenvalue weighted by Crippen LogP contribution is -2.60. The lowest BCUT2D eigenvalue weighted by atomic mass is 10.1. The van der Waals surface area contributed by atoms with Crippen molar-refractivity contribution in [1.29, 1.82) is 0 Å². The first kappa shape index (κ1) is 16.6. The molecule has 2 amide bonds. The molecule has 0 spiro atoms. The topological polar surface area (TPSA) is 52.7 Å². The Bertz CT molecular complexity index is 404. The molecule has 2 rings (SSSR count). The molecule has 0 unspecified atom stereocenters. The third-order valence-electron chi connectivity index (χ3n) is 4.07. The van der Waals surface area contributed by atoms with Crippen LogP contribution < -0.4 is 5.32 Å². The van der Waals surface area contributed by atoms with Crippen molar-refractivity contribution in [2.24, 2.45) is 5.92 Å². The Morgan fingerprint density at radius 3 is 2.48 bits per heavy atom. The maximum absolute atomic E-state index is 12.5. The first-order valence-corrected chi connectivity index (χ1v) is 8.74. The number of nitrogens with one attached hydrogen (secondary N) is 1. The molecule has 2 heterocycles. The van der Waals surface area contributed by atoms with Gasteiger partial charge in [0.05, 0.1) is 4.75 Å². The second-order valence-electron chi connectivity index (χ2n) is 6.87. The molecule has 2 fully saturated rings. The predicted molar refractivity (Wildman–Crippen MR) is 86.3 cm³/mol. The van der Waals surface area contributed by atoms with E-state index < -0.39 is 4.75 Å². The van der Waals surface area contributed by atoms with Gasteiger partial charge in [0.2, 0.25) is 11.8 Å². The van der Waals surface area contributed by atoms with Gasteiger partial charge in [-0.2, -0.15) is 0 Å². The first-order valence-electron chi connectivity index (χ1n) is 7.75. The van der Waals surface area contributed by atoms with Crippen molar-refractivity contribution in [3.05, 3.63) is 0 Å². The highest BCUT2D eigenvalue weighted by atomic mass is 32.2. The zero-order valence-corrected chi connectivity index (χ0v) is 14.3. The molecule has 0 bridgehead atoms. The van der Waals surface area contributed by atoms with Crippen molar-refractivity contribution in [3.63, 3.8) is 0 Å². The van der Waals surface area contributed by atoms with Gasteiger partial charge in [-0.1, -0.05) is 13.8 Å². The standard InChI is InChI=1S/C15H27N3O2S/c1-11(2)9-17-5-7-18(8-6-17)13(19)12-10-21-15(3,4)14(20)16-12/h11-12H,5-10H2,1-4H3,(H,16,20)/t12-/m0/s1. The van der Waals surface area contributed by atoms with E-state index in [1.807, 2.05) is 18.7 Å². The molecule has 0 aromatic heterocycles. The number of nitrogens with zero attached hydrogens (tertiary/aromatic N) is 2. The minimum atomic E-state index is -0.424. The van der Waals surface area contributed by atoms with Crippen LogP contribution in [0.5, 0.6) is 0 Å². The summed E-state index contributed by atoms with van der Waals surface area (Å²) in [4.78, 5) is 28.8. The number of amides is 2. The fourth-order valence-electron chi connectivity index (χ4n) is 2.75. The molecule has 21 heavy (non-hydrogen) atoms. The normalized spacial score (nSPS) is 26.8. The van der Waals surface area contributed by atoms with Crippen LogP contribution in [0.15, 0.2) is 0 Å². The zero-order valence-electron chi connectivity index (χ0n) is 13.5. The van der Waals surface area contributed by atoms with Gasteiger partial charge < -0.3 is 10.2 Å². The van der Waals surface area contributed by atoms with E-state index >= 15 is 0 Å². The van der Waals surface area contributed by atoms with E-state index in [2.05, 4.69) is 24.1 Å². The molecule has 2 saturated heterocycles. The lowest BCUT2D eigenvalue weighted by molar-refractivity contribution is -0.138. The Kier molecular flexibility index (Phi) is 5.20. The molecular formula is C15H27N3O2S. The van der Waals surface area contributed by atoms with Gasteiger partial charge in [-0.05, 0) is 19.8 Å². The van der Waals surface area contributed by atoms with Crippen LogP contribution in [0.2, 0.25) is 0 Å². The van der Waals surface area contributed by atoms with Gasteiger partial charge in [0.15, 0.2) is 0 Å². The Morgan fingerprint density at radius 2 is 1.95 bits per heavy atom. The molecule has 2 aliphatic heterocycles. The summed E-state index contributed by atoms with van der Waals surface area (Å²) in [6.07, 6.45) is 0. The molecule has 0 saturated carbocycles. The van der Waals surface area contributed by atoms with Crippen molar-refractivity contribution in [2.75, 3.05) is 38.5 Å². The van der Waals surface area contributed by atoms with Crippen LogP contribution in [0.25, 0.3) is 0 Å².